The summed E-state index contributed by atoms with van der Waals surface area (Å²) in [4.78, 5) is 4.22. The maximum absolute atomic E-state index is 5.51. The van der Waals surface area contributed by atoms with Gasteiger partial charge in [-0.3, -0.25) is 9.67 Å². The van der Waals surface area contributed by atoms with Gasteiger partial charge in [-0.1, -0.05) is 12.1 Å². The zero-order valence-electron chi connectivity index (χ0n) is 13.3. The third-order valence-electron chi connectivity index (χ3n) is 3.25. The number of ether oxygens (including phenoxy) is 1. The lowest BCUT2D eigenvalue weighted by atomic mass is 10.2. The Bertz CT molecular complexity index is 621. The molecule has 22 heavy (non-hydrogen) atoms. The van der Waals surface area contributed by atoms with Gasteiger partial charge < -0.3 is 15.4 Å². The summed E-state index contributed by atoms with van der Waals surface area (Å²) in [6.45, 7) is 4.01. The van der Waals surface area contributed by atoms with E-state index in [4.69, 9.17) is 4.74 Å². The van der Waals surface area contributed by atoms with Crippen LogP contribution in [0, 0.1) is 0 Å². The fourth-order valence-corrected chi connectivity index (χ4v) is 2.07. The summed E-state index contributed by atoms with van der Waals surface area (Å²) >= 11 is 0. The maximum atomic E-state index is 5.51. The Labute approximate surface area is 131 Å². The van der Waals surface area contributed by atoms with Crippen molar-refractivity contribution in [2.24, 2.45) is 12.0 Å². The largest absolute Gasteiger partial charge is 0.494 e. The van der Waals surface area contributed by atoms with E-state index in [1.807, 2.05) is 42.9 Å². The summed E-state index contributed by atoms with van der Waals surface area (Å²) in [5.41, 5.74) is 2.25. The maximum Gasteiger partial charge on any atom is 0.191 e. The molecule has 0 atom stereocenters. The second-order valence-electron chi connectivity index (χ2n) is 4.81. The molecule has 0 radical (unpaired) electrons. The van der Waals surface area contributed by atoms with E-state index in [0.717, 1.165) is 23.0 Å². The fourth-order valence-electron chi connectivity index (χ4n) is 2.07. The van der Waals surface area contributed by atoms with Crippen LogP contribution in [0.25, 0.3) is 0 Å². The minimum Gasteiger partial charge on any atom is -0.494 e. The molecule has 0 spiro atoms. The molecule has 0 saturated heterocycles. The van der Waals surface area contributed by atoms with Crippen LogP contribution < -0.4 is 15.4 Å². The highest BCUT2D eigenvalue weighted by Gasteiger charge is 2.02. The smallest absolute Gasteiger partial charge is 0.191 e. The molecule has 6 nitrogen and oxygen atoms in total. The van der Waals surface area contributed by atoms with Crippen molar-refractivity contribution in [3.8, 4) is 5.75 Å². The Hall–Kier alpha value is -2.50. The van der Waals surface area contributed by atoms with Crippen LogP contribution >= 0.6 is 0 Å². The molecule has 0 amide bonds. The van der Waals surface area contributed by atoms with Crippen LogP contribution in [-0.2, 0) is 20.1 Å². The predicted molar refractivity (Wildman–Crippen MR) is 87.9 cm³/mol. The summed E-state index contributed by atoms with van der Waals surface area (Å²) in [5, 5.41) is 10.7. The van der Waals surface area contributed by atoms with E-state index < -0.39 is 0 Å². The number of nitrogens with zero attached hydrogens (tertiary/aromatic N) is 3. The predicted octanol–water partition coefficient (Wildman–Crippen LogP) is 1.68. The fraction of sp³-hybridized carbons (Fsp3) is 0.375. The Kier molecular flexibility index (Phi) is 5.82. The third kappa shape index (κ3) is 4.51. The normalized spacial score (nSPS) is 11.3. The van der Waals surface area contributed by atoms with Crippen molar-refractivity contribution in [1.82, 2.24) is 20.4 Å². The second kappa shape index (κ2) is 8.07. The molecule has 0 aliphatic carbocycles. The third-order valence-corrected chi connectivity index (χ3v) is 3.25. The van der Waals surface area contributed by atoms with Crippen molar-refractivity contribution in [1.29, 1.82) is 0 Å². The SMILES string of the molecule is CCOc1cccc(CNC(=NC)NCc2ccnn2C)c1. The molecular formula is C16H23N5O. The van der Waals surface area contributed by atoms with Crippen LogP contribution in [0.1, 0.15) is 18.2 Å². The van der Waals surface area contributed by atoms with Crippen molar-refractivity contribution in [2.75, 3.05) is 13.7 Å². The standard InChI is InChI=1S/C16H23N5O/c1-4-22-15-7-5-6-13(10-15)11-18-16(17-2)19-12-14-8-9-20-21(14)3/h5-10H,4,11-12H2,1-3H3,(H2,17,18,19). The molecule has 0 saturated carbocycles. The van der Waals surface area contributed by atoms with E-state index in [-0.39, 0.29) is 0 Å². The van der Waals surface area contributed by atoms with E-state index in [2.05, 4.69) is 26.8 Å². The topological polar surface area (TPSA) is 63.5 Å². The Morgan fingerprint density at radius 3 is 2.77 bits per heavy atom. The first-order chi connectivity index (χ1) is 10.7. The summed E-state index contributed by atoms with van der Waals surface area (Å²) in [7, 11) is 3.68. The molecule has 1 aromatic heterocycles. The van der Waals surface area contributed by atoms with Gasteiger partial charge >= 0.3 is 0 Å². The minimum atomic E-state index is 0.671. The van der Waals surface area contributed by atoms with Crippen LogP contribution in [0.4, 0.5) is 0 Å². The molecule has 118 valence electrons. The number of benzene rings is 1. The molecule has 2 aromatic rings. The Balaban J connectivity index is 1.86. The molecule has 2 rings (SSSR count). The Morgan fingerprint density at radius 2 is 2.09 bits per heavy atom. The number of rotatable bonds is 6. The average molecular weight is 301 g/mol. The highest BCUT2D eigenvalue weighted by atomic mass is 16.5. The van der Waals surface area contributed by atoms with E-state index in [1.165, 1.54) is 0 Å². The number of guanidine groups is 1. The molecule has 0 aliphatic heterocycles. The highest BCUT2D eigenvalue weighted by molar-refractivity contribution is 5.79. The van der Waals surface area contributed by atoms with Crippen molar-refractivity contribution in [3.05, 3.63) is 47.8 Å². The van der Waals surface area contributed by atoms with Gasteiger partial charge in [-0.05, 0) is 30.7 Å². The summed E-state index contributed by atoms with van der Waals surface area (Å²) in [5.74, 6) is 1.64. The summed E-state index contributed by atoms with van der Waals surface area (Å²) in [6.07, 6.45) is 1.78. The molecule has 1 heterocycles. The number of nitrogens with one attached hydrogen (secondary N) is 2. The molecular weight excluding hydrogens is 278 g/mol. The molecule has 0 bridgehead atoms. The van der Waals surface area contributed by atoms with Crippen LogP contribution in [0.2, 0.25) is 0 Å². The number of aromatic nitrogens is 2. The molecule has 2 N–H and O–H groups in total. The highest BCUT2D eigenvalue weighted by Crippen LogP contribution is 2.12. The first kappa shape index (κ1) is 15.9. The molecule has 1 aromatic carbocycles. The number of hydrogen-bond donors (Lipinski definition) is 2. The van der Waals surface area contributed by atoms with Gasteiger partial charge in [-0.15, -0.1) is 0 Å². The van der Waals surface area contributed by atoms with E-state index in [0.29, 0.717) is 19.7 Å². The zero-order chi connectivity index (χ0) is 15.8. The molecule has 0 fully saturated rings. The lowest BCUT2D eigenvalue weighted by Crippen LogP contribution is -2.36. The molecule has 6 heteroatoms. The Morgan fingerprint density at radius 1 is 1.27 bits per heavy atom. The van der Waals surface area contributed by atoms with Crippen molar-refractivity contribution in [2.45, 2.75) is 20.0 Å². The monoisotopic (exact) mass is 301 g/mol. The first-order valence-corrected chi connectivity index (χ1v) is 7.36. The summed E-state index contributed by atoms with van der Waals surface area (Å²) in [6, 6.07) is 10.0. The van der Waals surface area contributed by atoms with Gasteiger partial charge in [0.15, 0.2) is 5.96 Å². The molecule has 0 aliphatic rings. The summed E-state index contributed by atoms with van der Waals surface area (Å²) < 4.78 is 7.35. The lowest BCUT2D eigenvalue weighted by Gasteiger charge is -2.12. The van der Waals surface area contributed by atoms with Gasteiger partial charge in [-0.2, -0.15) is 5.10 Å². The second-order valence-corrected chi connectivity index (χ2v) is 4.81. The van der Waals surface area contributed by atoms with Gasteiger partial charge in [0, 0.05) is 26.8 Å². The van der Waals surface area contributed by atoms with Crippen molar-refractivity contribution in [3.63, 3.8) is 0 Å². The average Bonchev–Trinajstić information content (AvgIpc) is 2.93. The van der Waals surface area contributed by atoms with Crippen molar-refractivity contribution < 1.29 is 4.74 Å². The number of aryl methyl sites for hydroxylation is 1. The van der Waals surface area contributed by atoms with Crippen LogP contribution in [0.3, 0.4) is 0 Å². The van der Waals surface area contributed by atoms with E-state index in [9.17, 15) is 0 Å². The van der Waals surface area contributed by atoms with Crippen molar-refractivity contribution >= 4 is 5.96 Å². The zero-order valence-corrected chi connectivity index (χ0v) is 13.3. The van der Waals surface area contributed by atoms with Gasteiger partial charge in [0.25, 0.3) is 0 Å². The van der Waals surface area contributed by atoms with E-state index in [1.54, 1.807) is 13.2 Å². The lowest BCUT2D eigenvalue weighted by molar-refractivity contribution is 0.340. The van der Waals surface area contributed by atoms with Crippen LogP contribution in [0.15, 0.2) is 41.5 Å². The van der Waals surface area contributed by atoms with Gasteiger partial charge in [-0.25, -0.2) is 0 Å². The minimum absolute atomic E-state index is 0.671. The van der Waals surface area contributed by atoms with Gasteiger partial charge in [0.1, 0.15) is 5.75 Å². The number of hydrogen-bond acceptors (Lipinski definition) is 3. The van der Waals surface area contributed by atoms with E-state index >= 15 is 0 Å². The van der Waals surface area contributed by atoms with Crippen LogP contribution in [-0.4, -0.2) is 29.4 Å². The van der Waals surface area contributed by atoms with Crippen LogP contribution in [0.5, 0.6) is 5.75 Å². The van der Waals surface area contributed by atoms with Gasteiger partial charge in [0.05, 0.1) is 18.8 Å². The number of aliphatic imine (C=N–C) groups is 1. The molecule has 0 unspecified atom stereocenters. The quantitative estimate of drug-likeness (QED) is 0.629. The first-order valence-electron chi connectivity index (χ1n) is 7.36. The van der Waals surface area contributed by atoms with Gasteiger partial charge in [0.2, 0.25) is 0 Å².